The van der Waals surface area contributed by atoms with Crippen LogP contribution in [0.4, 0.5) is 12.3 Å². The highest BCUT2D eigenvalue weighted by Crippen LogP contribution is 2.20. The molecule has 0 aromatic rings. The van der Waals surface area contributed by atoms with Crippen molar-refractivity contribution < 1.29 is 17.1 Å². The van der Waals surface area contributed by atoms with Gasteiger partial charge < -0.3 is 4.74 Å². The van der Waals surface area contributed by atoms with Crippen LogP contribution in [0.2, 0.25) is 6.04 Å². The van der Waals surface area contributed by atoms with Crippen LogP contribution < -0.4 is 0 Å². The van der Waals surface area contributed by atoms with Gasteiger partial charge in [0.1, 0.15) is 0 Å². The summed E-state index contributed by atoms with van der Waals surface area (Å²) in [5, 5.41) is 0. The molecule has 0 saturated carbocycles. The second-order valence-corrected chi connectivity index (χ2v) is 10.1. The van der Waals surface area contributed by atoms with Gasteiger partial charge in [0.15, 0.2) is 0 Å². The molecule has 0 aromatic carbocycles. The fourth-order valence-electron chi connectivity index (χ4n) is 3.43. The Kier molecular flexibility index (Phi) is 19.8. The Morgan fingerprint density at radius 3 is 1.25 bits per heavy atom. The van der Waals surface area contributed by atoms with E-state index >= 15 is 0 Å². The average molecular weight is 423 g/mol. The molecule has 0 rings (SSSR count). The standard InChI is InChI=1S/C23H45F3OSi/c1-23(2)22-27-20-18-16-14-12-10-8-6-4-3-5-7-9-11-13-15-17-19-21-28(24,25)26/h1,3-22H2,2H3. The highest BCUT2D eigenvalue weighted by Gasteiger charge is 2.35. The smallest absolute Gasteiger partial charge is 0.377 e. The Hall–Kier alpha value is -0.293. The first kappa shape index (κ1) is 27.7. The topological polar surface area (TPSA) is 9.23 Å². The third-order valence-electron chi connectivity index (χ3n) is 5.10. The summed E-state index contributed by atoms with van der Waals surface area (Å²) >= 11 is 0. The molecule has 5 heteroatoms. The van der Waals surface area contributed by atoms with E-state index < -0.39 is 15.1 Å². The van der Waals surface area contributed by atoms with Crippen molar-refractivity contribution in [2.24, 2.45) is 0 Å². The van der Waals surface area contributed by atoms with E-state index in [2.05, 4.69) is 6.58 Å². The van der Waals surface area contributed by atoms with Gasteiger partial charge in [0.05, 0.1) is 6.61 Å². The minimum absolute atomic E-state index is 0.361. The van der Waals surface area contributed by atoms with Crippen molar-refractivity contribution in [1.29, 1.82) is 0 Å². The molecule has 0 aliphatic carbocycles. The lowest BCUT2D eigenvalue weighted by atomic mass is 10.0. The van der Waals surface area contributed by atoms with Gasteiger partial charge in [-0.15, -0.1) is 0 Å². The van der Waals surface area contributed by atoms with Gasteiger partial charge in [-0.05, 0) is 19.8 Å². The molecule has 0 bridgehead atoms. The molecule has 0 amide bonds. The Labute approximate surface area is 174 Å². The van der Waals surface area contributed by atoms with Crippen LogP contribution in [0.25, 0.3) is 0 Å². The first-order valence-corrected chi connectivity index (χ1v) is 13.5. The van der Waals surface area contributed by atoms with Crippen LogP contribution in [0, 0.1) is 0 Å². The summed E-state index contributed by atoms with van der Waals surface area (Å²) in [7, 11) is -5.28. The molecule has 0 unspecified atom stereocenters. The Morgan fingerprint density at radius 2 is 0.929 bits per heavy atom. The minimum Gasteiger partial charge on any atom is -0.377 e. The van der Waals surface area contributed by atoms with Crippen molar-refractivity contribution in [2.75, 3.05) is 13.2 Å². The van der Waals surface area contributed by atoms with Crippen molar-refractivity contribution in [3.8, 4) is 0 Å². The van der Waals surface area contributed by atoms with Crippen molar-refractivity contribution in [3.63, 3.8) is 0 Å². The number of ether oxygens (including phenoxy) is 1. The number of halogens is 3. The van der Waals surface area contributed by atoms with Gasteiger partial charge in [0, 0.05) is 12.7 Å². The summed E-state index contributed by atoms with van der Waals surface area (Å²) < 4.78 is 41.9. The molecule has 1 nitrogen and oxygen atoms in total. The highest BCUT2D eigenvalue weighted by atomic mass is 28.5. The zero-order valence-corrected chi connectivity index (χ0v) is 19.4. The SMILES string of the molecule is C=C(C)COCCCCCCCCCCCCCCCCCCC[Si](F)(F)F. The normalized spacial score (nSPS) is 11.9. The highest BCUT2D eigenvalue weighted by molar-refractivity contribution is 6.58. The van der Waals surface area contributed by atoms with Crippen LogP contribution in [0.5, 0.6) is 0 Å². The molecule has 0 aliphatic rings. The molecule has 0 spiro atoms. The van der Waals surface area contributed by atoms with E-state index in [0.717, 1.165) is 31.4 Å². The third kappa shape index (κ3) is 25.7. The van der Waals surface area contributed by atoms with E-state index in [-0.39, 0.29) is 0 Å². The molecule has 28 heavy (non-hydrogen) atoms. The lowest BCUT2D eigenvalue weighted by Gasteiger charge is -2.05. The maximum absolute atomic E-state index is 12.1. The molecular weight excluding hydrogens is 377 g/mol. The summed E-state index contributed by atoms with van der Waals surface area (Å²) in [6, 6.07) is -0.474. The molecule has 0 radical (unpaired) electrons. The minimum atomic E-state index is -5.28. The van der Waals surface area contributed by atoms with Crippen LogP contribution in [0.15, 0.2) is 12.2 Å². The zero-order valence-electron chi connectivity index (χ0n) is 18.4. The van der Waals surface area contributed by atoms with Gasteiger partial charge in [0.2, 0.25) is 0 Å². The molecule has 0 aromatic heterocycles. The molecule has 0 aliphatic heterocycles. The Balaban J connectivity index is 3.04. The number of unbranched alkanes of at least 4 members (excludes halogenated alkanes) is 16. The van der Waals surface area contributed by atoms with Crippen molar-refractivity contribution >= 4 is 9.08 Å². The third-order valence-corrected chi connectivity index (χ3v) is 6.02. The van der Waals surface area contributed by atoms with Gasteiger partial charge >= 0.3 is 9.08 Å². The van der Waals surface area contributed by atoms with E-state index in [0.29, 0.717) is 13.0 Å². The predicted molar refractivity (Wildman–Crippen MR) is 118 cm³/mol. The fourth-order valence-corrected chi connectivity index (χ4v) is 4.08. The van der Waals surface area contributed by atoms with Crippen molar-refractivity contribution in [1.82, 2.24) is 0 Å². The van der Waals surface area contributed by atoms with E-state index in [1.54, 1.807) is 0 Å². The van der Waals surface area contributed by atoms with Gasteiger partial charge in [-0.1, -0.05) is 108 Å². The van der Waals surface area contributed by atoms with Crippen LogP contribution in [0.3, 0.4) is 0 Å². The quantitative estimate of drug-likeness (QED) is 0.0731. The zero-order chi connectivity index (χ0) is 20.9. The molecule has 0 N–H and O–H groups in total. The molecule has 0 atom stereocenters. The summed E-state index contributed by atoms with van der Waals surface area (Å²) in [6.45, 7) is 7.39. The average Bonchev–Trinajstić information content (AvgIpc) is 2.61. The van der Waals surface area contributed by atoms with E-state index in [1.807, 2.05) is 6.92 Å². The van der Waals surface area contributed by atoms with Crippen molar-refractivity contribution in [3.05, 3.63) is 12.2 Å². The first-order chi connectivity index (χ1) is 13.4. The van der Waals surface area contributed by atoms with Crippen LogP contribution in [0.1, 0.15) is 116 Å². The summed E-state index contributed by atoms with van der Waals surface area (Å²) in [5.41, 5.74) is 1.10. The Bertz CT molecular complexity index is 345. The van der Waals surface area contributed by atoms with E-state index in [4.69, 9.17) is 4.74 Å². The molecule has 0 heterocycles. The maximum atomic E-state index is 12.1. The van der Waals surface area contributed by atoms with Gasteiger partial charge in [-0.25, -0.2) is 12.3 Å². The number of hydrogen-bond donors (Lipinski definition) is 0. The monoisotopic (exact) mass is 422 g/mol. The summed E-state index contributed by atoms with van der Waals surface area (Å²) in [6.07, 6.45) is 20.2. The van der Waals surface area contributed by atoms with Crippen LogP contribution >= 0.6 is 0 Å². The summed E-state index contributed by atoms with van der Waals surface area (Å²) in [4.78, 5) is 0. The van der Waals surface area contributed by atoms with E-state index in [1.165, 1.54) is 83.5 Å². The summed E-state index contributed by atoms with van der Waals surface area (Å²) in [5.74, 6) is 0. The lowest BCUT2D eigenvalue weighted by Crippen LogP contribution is -2.13. The molecule has 168 valence electrons. The lowest BCUT2D eigenvalue weighted by molar-refractivity contribution is 0.151. The number of hydrogen-bond acceptors (Lipinski definition) is 1. The second-order valence-electron chi connectivity index (χ2n) is 8.39. The largest absolute Gasteiger partial charge is 0.616 e. The van der Waals surface area contributed by atoms with Gasteiger partial charge in [-0.2, -0.15) is 0 Å². The molecule has 0 fully saturated rings. The van der Waals surface area contributed by atoms with Crippen molar-refractivity contribution in [2.45, 2.75) is 122 Å². The fraction of sp³-hybridized carbons (Fsp3) is 0.913. The molecular formula is C23H45F3OSi. The second kappa shape index (κ2) is 20.0. The first-order valence-electron chi connectivity index (χ1n) is 11.7. The van der Waals surface area contributed by atoms with Gasteiger partial charge in [0.25, 0.3) is 0 Å². The molecule has 0 saturated heterocycles. The Morgan fingerprint density at radius 1 is 0.607 bits per heavy atom. The maximum Gasteiger partial charge on any atom is 0.616 e. The number of rotatable bonds is 22. The van der Waals surface area contributed by atoms with E-state index in [9.17, 15) is 12.3 Å². The predicted octanol–water partition coefficient (Wildman–Crippen LogP) is 9.06. The van der Waals surface area contributed by atoms with Crippen LogP contribution in [-0.2, 0) is 4.74 Å². The van der Waals surface area contributed by atoms with Crippen LogP contribution in [-0.4, -0.2) is 22.3 Å². The van der Waals surface area contributed by atoms with Gasteiger partial charge in [-0.3, -0.25) is 0 Å².